The minimum atomic E-state index is -0.243. The zero-order chi connectivity index (χ0) is 13.7. The van der Waals surface area contributed by atoms with Gasteiger partial charge in [-0.15, -0.1) is 11.8 Å². The molecule has 100 valence electrons. The Labute approximate surface area is 121 Å². The van der Waals surface area contributed by atoms with Crippen LogP contribution in [0.3, 0.4) is 0 Å². The number of aromatic nitrogens is 2. The molecule has 2 aromatic rings. The van der Waals surface area contributed by atoms with E-state index in [-0.39, 0.29) is 6.04 Å². The van der Waals surface area contributed by atoms with E-state index < -0.39 is 0 Å². The zero-order valence-corrected chi connectivity index (χ0v) is 12.0. The number of nitrogens with two attached hydrogens (primary N) is 1. The second-order valence-electron chi connectivity index (χ2n) is 3.83. The van der Waals surface area contributed by atoms with E-state index >= 15 is 0 Å². The standard InChI is InChI=1S/C13H14ClN3OS/c1-18-13-12(16-5-6-17-13)11(15)8-19-10-4-2-3-9(14)7-10/h2-7,11H,8,15H2,1H3. The Bertz CT molecular complexity index is 553. The number of thioether (sulfide) groups is 1. The molecule has 0 saturated carbocycles. The van der Waals surface area contributed by atoms with Crippen LogP contribution in [0.1, 0.15) is 11.7 Å². The normalized spacial score (nSPS) is 12.2. The maximum absolute atomic E-state index is 6.12. The predicted molar refractivity (Wildman–Crippen MR) is 77.7 cm³/mol. The fraction of sp³-hybridized carbons (Fsp3) is 0.231. The third-order valence-electron chi connectivity index (χ3n) is 2.46. The summed E-state index contributed by atoms with van der Waals surface area (Å²) in [6.07, 6.45) is 3.20. The highest BCUT2D eigenvalue weighted by Gasteiger charge is 2.14. The Morgan fingerprint density at radius 1 is 1.37 bits per heavy atom. The molecule has 6 heteroatoms. The quantitative estimate of drug-likeness (QED) is 0.859. The zero-order valence-electron chi connectivity index (χ0n) is 10.4. The number of nitrogens with zero attached hydrogens (tertiary/aromatic N) is 2. The lowest BCUT2D eigenvalue weighted by atomic mass is 10.2. The minimum absolute atomic E-state index is 0.243. The molecule has 0 aliphatic carbocycles. The van der Waals surface area contributed by atoms with E-state index in [9.17, 15) is 0 Å². The molecular weight excluding hydrogens is 282 g/mol. The summed E-state index contributed by atoms with van der Waals surface area (Å²) in [6, 6.07) is 7.42. The molecule has 0 aliphatic rings. The van der Waals surface area contributed by atoms with Crippen molar-refractivity contribution in [2.45, 2.75) is 10.9 Å². The van der Waals surface area contributed by atoms with Crippen molar-refractivity contribution in [3.05, 3.63) is 47.4 Å². The van der Waals surface area contributed by atoms with Crippen molar-refractivity contribution in [1.82, 2.24) is 9.97 Å². The molecule has 2 rings (SSSR count). The summed E-state index contributed by atoms with van der Waals surface area (Å²) < 4.78 is 5.15. The first-order valence-electron chi connectivity index (χ1n) is 5.69. The summed E-state index contributed by atoms with van der Waals surface area (Å²) in [7, 11) is 1.56. The number of hydrogen-bond acceptors (Lipinski definition) is 5. The second-order valence-corrected chi connectivity index (χ2v) is 5.36. The molecule has 0 spiro atoms. The van der Waals surface area contributed by atoms with Gasteiger partial charge in [-0.2, -0.15) is 0 Å². The van der Waals surface area contributed by atoms with Crippen molar-refractivity contribution >= 4 is 23.4 Å². The molecular formula is C13H14ClN3OS. The van der Waals surface area contributed by atoms with Gasteiger partial charge in [0, 0.05) is 28.1 Å². The Balaban J connectivity index is 2.03. The number of rotatable bonds is 5. The van der Waals surface area contributed by atoms with E-state index in [0.29, 0.717) is 17.3 Å². The van der Waals surface area contributed by atoms with Gasteiger partial charge < -0.3 is 10.5 Å². The Hall–Kier alpha value is -1.30. The van der Waals surface area contributed by atoms with E-state index in [4.69, 9.17) is 22.1 Å². The molecule has 0 aliphatic heterocycles. The van der Waals surface area contributed by atoms with Gasteiger partial charge in [0.25, 0.3) is 0 Å². The molecule has 4 nitrogen and oxygen atoms in total. The first-order valence-corrected chi connectivity index (χ1v) is 7.06. The van der Waals surface area contributed by atoms with Gasteiger partial charge in [0.2, 0.25) is 5.88 Å². The molecule has 1 aromatic heterocycles. The topological polar surface area (TPSA) is 61.0 Å². The largest absolute Gasteiger partial charge is 0.480 e. The van der Waals surface area contributed by atoms with E-state index in [1.54, 1.807) is 31.3 Å². The lowest BCUT2D eigenvalue weighted by Gasteiger charge is -2.13. The van der Waals surface area contributed by atoms with Crippen molar-refractivity contribution in [3.63, 3.8) is 0 Å². The van der Waals surface area contributed by atoms with E-state index in [1.807, 2.05) is 24.3 Å². The second kappa shape index (κ2) is 6.75. The van der Waals surface area contributed by atoms with Gasteiger partial charge in [-0.05, 0) is 18.2 Å². The van der Waals surface area contributed by atoms with Crippen LogP contribution >= 0.6 is 23.4 Å². The van der Waals surface area contributed by atoms with Crippen LogP contribution in [-0.2, 0) is 0 Å². The highest BCUT2D eigenvalue weighted by Crippen LogP contribution is 2.27. The lowest BCUT2D eigenvalue weighted by molar-refractivity contribution is 0.386. The Kier molecular flexibility index (Phi) is 5.01. The molecule has 0 amide bonds. The molecule has 1 unspecified atom stereocenters. The molecule has 0 radical (unpaired) electrons. The van der Waals surface area contributed by atoms with Crippen LogP contribution in [0.4, 0.5) is 0 Å². The molecule has 19 heavy (non-hydrogen) atoms. The van der Waals surface area contributed by atoms with Crippen LogP contribution in [0.25, 0.3) is 0 Å². The van der Waals surface area contributed by atoms with E-state index in [2.05, 4.69) is 9.97 Å². The smallest absolute Gasteiger partial charge is 0.237 e. The first-order chi connectivity index (χ1) is 9.20. The van der Waals surface area contributed by atoms with Crippen LogP contribution in [0, 0.1) is 0 Å². The first kappa shape index (κ1) is 14.1. The van der Waals surface area contributed by atoms with Gasteiger partial charge in [-0.25, -0.2) is 4.98 Å². The molecule has 0 saturated heterocycles. The van der Waals surface area contributed by atoms with Crippen LogP contribution in [-0.4, -0.2) is 22.8 Å². The average Bonchev–Trinajstić information content (AvgIpc) is 2.45. The van der Waals surface area contributed by atoms with Gasteiger partial charge in [-0.1, -0.05) is 17.7 Å². The van der Waals surface area contributed by atoms with Gasteiger partial charge in [0.05, 0.1) is 13.2 Å². The third kappa shape index (κ3) is 3.83. The molecule has 1 atom stereocenters. The van der Waals surface area contributed by atoms with E-state index in [0.717, 1.165) is 9.92 Å². The summed E-state index contributed by atoms with van der Waals surface area (Å²) >= 11 is 7.56. The summed E-state index contributed by atoms with van der Waals surface area (Å²) in [4.78, 5) is 9.39. The SMILES string of the molecule is COc1nccnc1C(N)CSc1cccc(Cl)c1. The molecule has 0 bridgehead atoms. The predicted octanol–water partition coefficient (Wildman–Crippen LogP) is 2.93. The van der Waals surface area contributed by atoms with Crippen molar-refractivity contribution < 1.29 is 4.74 Å². The molecule has 2 N–H and O–H groups in total. The summed E-state index contributed by atoms with van der Waals surface area (Å²) in [5.41, 5.74) is 6.79. The van der Waals surface area contributed by atoms with Gasteiger partial charge >= 0.3 is 0 Å². The third-order valence-corrected chi connectivity index (χ3v) is 3.81. The van der Waals surface area contributed by atoms with Crippen molar-refractivity contribution in [3.8, 4) is 5.88 Å². The number of benzene rings is 1. The average molecular weight is 296 g/mol. The van der Waals surface area contributed by atoms with Crippen LogP contribution in [0.15, 0.2) is 41.6 Å². The molecule has 1 heterocycles. The Morgan fingerprint density at radius 2 is 2.16 bits per heavy atom. The highest BCUT2D eigenvalue weighted by molar-refractivity contribution is 7.99. The van der Waals surface area contributed by atoms with Crippen LogP contribution in [0.5, 0.6) is 5.88 Å². The minimum Gasteiger partial charge on any atom is -0.480 e. The maximum atomic E-state index is 6.12. The van der Waals surface area contributed by atoms with Gasteiger partial charge in [0.1, 0.15) is 5.69 Å². The number of halogens is 1. The van der Waals surface area contributed by atoms with Gasteiger partial charge in [-0.3, -0.25) is 4.98 Å². The summed E-state index contributed by atoms with van der Waals surface area (Å²) in [6.45, 7) is 0. The lowest BCUT2D eigenvalue weighted by Crippen LogP contribution is -2.16. The van der Waals surface area contributed by atoms with Crippen molar-refractivity contribution in [2.24, 2.45) is 5.73 Å². The number of methoxy groups -OCH3 is 1. The fourth-order valence-corrected chi connectivity index (χ4v) is 2.74. The Morgan fingerprint density at radius 3 is 2.89 bits per heavy atom. The summed E-state index contributed by atoms with van der Waals surface area (Å²) in [5.74, 6) is 1.15. The summed E-state index contributed by atoms with van der Waals surface area (Å²) in [5, 5.41) is 0.718. The van der Waals surface area contributed by atoms with Crippen LogP contribution in [0.2, 0.25) is 5.02 Å². The van der Waals surface area contributed by atoms with Gasteiger partial charge in [0.15, 0.2) is 0 Å². The number of hydrogen-bond donors (Lipinski definition) is 1. The molecule has 0 fully saturated rings. The van der Waals surface area contributed by atoms with Crippen molar-refractivity contribution in [1.29, 1.82) is 0 Å². The van der Waals surface area contributed by atoms with Crippen LogP contribution < -0.4 is 10.5 Å². The molecule has 1 aromatic carbocycles. The maximum Gasteiger partial charge on any atom is 0.237 e. The number of ether oxygens (including phenoxy) is 1. The van der Waals surface area contributed by atoms with E-state index in [1.165, 1.54) is 0 Å². The monoisotopic (exact) mass is 295 g/mol. The highest BCUT2D eigenvalue weighted by atomic mass is 35.5. The fourth-order valence-electron chi connectivity index (χ4n) is 1.57. The van der Waals surface area contributed by atoms with Crippen molar-refractivity contribution in [2.75, 3.05) is 12.9 Å².